The zero-order valence-electron chi connectivity index (χ0n) is 15.4. The summed E-state index contributed by atoms with van der Waals surface area (Å²) in [6.45, 7) is 1.48. The smallest absolute Gasteiger partial charge is 0.188 e. The Morgan fingerprint density at radius 1 is 1.20 bits per heavy atom. The normalized spacial score (nSPS) is 17.2. The van der Waals surface area contributed by atoms with Gasteiger partial charge in [-0.25, -0.2) is 4.99 Å². The lowest BCUT2D eigenvalue weighted by Crippen LogP contribution is -2.42. The van der Waals surface area contributed by atoms with E-state index in [1.165, 1.54) is 19.3 Å². The highest BCUT2D eigenvalue weighted by Gasteiger charge is 2.31. The van der Waals surface area contributed by atoms with E-state index in [-0.39, 0.29) is 12.0 Å². The van der Waals surface area contributed by atoms with Gasteiger partial charge in [-0.15, -0.1) is 0 Å². The van der Waals surface area contributed by atoms with Crippen molar-refractivity contribution in [2.24, 2.45) is 16.1 Å². The standard InChI is InChI=1S/C19H31N3O3/c1-24-16-7-6-15(12-17(16)25-2)13-21-18(20)22-14-19(10-11-23)8-4-3-5-9-19/h6-7,12,23H,3-5,8-11,13-14H2,1-2H3,(H3,20,21,22). The molecule has 1 saturated carbocycles. The minimum Gasteiger partial charge on any atom is -0.493 e. The van der Waals surface area contributed by atoms with Crippen molar-refractivity contribution in [1.82, 2.24) is 5.32 Å². The van der Waals surface area contributed by atoms with E-state index in [0.717, 1.165) is 31.4 Å². The number of hydrogen-bond acceptors (Lipinski definition) is 4. The van der Waals surface area contributed by atoms with Crippen molar-refractivity contribution in [2.75, 3.05) is 27.4 Å². The van der Waals surface area contributed by atoms with Gasteiger partial charge in [-0.2, -0.15) is 0 Å². The van der Waals surface area contributed by atoms with Gasteiger partial charge in [-0.05, 0) is 42.4 Å². The number of aliphatic hydroxyl groups is 1. The number of nitrogens with zero attached hydrogens (tertiary/aromatic N) is 1. The molecule has 1 aliphatic carbocycles. The van der Waals surface area contributed by atoms with E-state index in [1.807, 2.05) is 18.2 Å². The fraction of sp³-hybridized carbons (Fsp3) is 0.632. The van der Waals surface area contributed by atoms with Crippen LogP contribution < -0.4 is 20.5 Å². The van der Waals surface area contributed by atoms with Crippen LogP contribution in [0.15, 0.2) is 23.2 Å². The summed E-state index contributed by atoms with van der Waals surface area (Å²) in [6.07, 6.45) is 6.85. The van der Waals surface area contributed by atoms with Crippen LogP contribution >= 0.6 is 0 Å². The second kappa shape index (κ2) is 9.51. The maximum Gasteiger partial charge on any atom is 0.188 e. The summed E-state index contributed by atoms with van der Waals surface area (Å²) >= 11 is 0. The second-order valence-electron chi connectivity index (χ2n) is 6.78. The molecule has 6 nitrogen and oxygen atoms in total. The van der Waals surface area contributed by atoms with Gasteiger partial charge in [0.1, 0.15) is 0 Å². The lowest BCUT2D eigenvalue weighted by molar-refractivity contribution is 0.132. The van der Waals surface area contributed by atoms with Crippen molar-refractivity contribution < 1.29 is 14.6 Å². The highest BCUT2D eigenvalue weighted by atomic mass is 16.5. The summed E-state index contributed by atoms with van der Waals surface area (Å²) in [5.41, 5.74) is 7.19. The number of rotatable bonds is 8. The number of nitrogens with two attached hydrogens (primary N) is 1. The Morgan fingerprint density at radius 3 is 2.56 bits per heavy atom. The quantitative estimate of drug-likeness (QED) is 0.495. The summed E-state index contributed by atoms with van der Waals surface area (Å²) in [6, 6.07) is 5.72. The summed E-state index contributed by atoms with van der Waals surface area (Å²) in [4.78, 5) is 4.43. The summed E-state index contributed by atoms with van der Waals surface area (Å²) < 4.78 is 10.5. The van der Waals surface area contributed by atoms with E-state index < -0.39 is 0 Å². The van der Waals surface area contributed by atoms with E-state index >= 15 is 0 Å². The van der Waals surface area contributed by atoms with Gasteiger partial charge in [0.25, 0.3) is 0 Å². The minimum absolute atomic E-state index is 0.149. The Bertz CT molecular complexity index is 564. The molecule has 0 amide bonds. The zero-order chi connectivity index (χ0) is 18.1. The molecule has 0 heterocycles. The number of nitrogens with one attached hydrogen (secondary N) is 1. The molecule has 0 bridgehead atoms. The van der Waals surface area contributed by atoms with Crippen molar-refractivity contribution in [3.63, 3.8) is 0 Å². The summed E-state index contributed by atoms with van der Waals surface area (Å²) in [7, 11) is 3.23. The maximum absolute atomic E-state index is 9.38. The topological polar surface area (TPSA) is 89.1 Å². The van der Waals surface area contributed by atoms with Crippen molar-refractivity contribution in [3.8, 4) is 11.5 Å². The zero-order valence-corrected chi connectivity index (χ0v) is 15.4. The molecule has 1 aliphatic rings. The Morgan fingerprint density at radius 2 is 1.92 bits per heavy atom. The maximum atomic E-state index is 9.38. The van der Waals surface area contributed by atoms with Crippen LogP contribution in [0.5, 0.6) is 11.5 Å². The van der Waals surface area contributed by atoms with Crippen molar-refractivity contribution >= 4 is 5.96 Å². The molecule has 0 aromatic heterocycles. The first-order chi connectivity index (χ1) is 12.1. The van der Waals surface area contributed by atoms with Crippen LogP contribution in [-0.2, 0) is 6.54 Å². The number of guanidine groups is 1. The van der Waals surface area contributed by atoms with E-state index in [1.54, 1.807) is 14.2 Å². The van der Waals surface area contributed by atoms with Crippen LogP contribution in [0.1, 0.15) is 44.1 Å². The molecule has 1 aromatic rings. The van der Waals surface area contributed by atoms with Gasteiger partial charge in [0.15, 0.2) is 17.5 Å². The molecule has 6 heteroatoms. The van der Waals surface area contributed by atoms with Crippen molar-refractivity contribution in [2.45, 2.75) is 45.1 Å². The van der Waals surface area contributed by atoms with Crippen molar-refractivity contribution in [1.29, 1.82) is 0 Å². The molecule has 0 spiro atoms. The number of aliphatic imine (C=N–C) groups is 1. The SMILES string of the molecule is COc1ccc(CN=C(N)NCC2(CCO)CCCCC2)cc1OC. The Kier molecular flexibility index (Phi) is 7.37. The van der Waals surface area contributed by atoms with Gasteiger partial charge in [-0.3, -0.25) is 0 Å². The molecule has 4 N–H and O–H groups in total. The number of hydrogen-bond donors (Lipinski definition) is 3. The molecule has 0 atom stereocenters. The average Bonchev–Trinajstić information content (AvgIpc) is 2.65. The molecule has 2 rings (SSSR count). The van der Waals surface area contributed by atoms with Crippen LogP contribution in [0.25, 0.3) is 0 Å². The van der Waals surface area contributed by atoms with Crippen LogP contribution in [0.2, 0.25) is 0 Å². The molecule has 0 saturated heterocycles. The fourth-order valence-corrected chi connectivity index (χ4v) is 3.54. The van der Waals surface area contributed by atoms with E-state index in [4.69, 9.17) is 15.2 Å². The fourth-order valence-electron chi connectivity index (χ4n) is 3.54. The van der Waals surface area contributed by atoms with Crippen LogP contribution in [0.4, 0.5) is 0 Å². The average molecular weight is 349 g/mol. The number of aliphatic hydroxyl groups excluding tert-OH is 1. The second-order valence-corrected chi connectivity index (χ2v) is 6.78. The third-order valence-corrected chi connectivity index (χ3v) is 5.08. The lowest BCUT2D eigenvalue weighted by Gasteiger charge is -2.37. The van der Waals surface area contributed by atoms with Gasteiger partial charge in [-0.1, -0.05) is 25.3 Å². The summed E-state index contributed by atoms with van der Waals surface area (Å²) in [5.74, 6) is 1.83. The van der Waals surface area contributed by atoms with Crippen molar-refractivity contribution in [3.05, 3.63) is 23.8 Å². The first-order valence-electron chi connectivity index (χ1n) is 8.98. The van der Waals surface area contributed by atoms with E-state index in [2.05, 4.69) is 10.3 Å². The first kappa shape index (κ1) is 19.4. The van der Waals surface area contributed by atoms with E-state index in [9.17, 15) is 5.11 Å². The molecule has 0 aliphatic heterocycles. The molecule has 1 fully saturated rings. The number of benzene rings is 1. The van der Waals surface area contributed by atoms with Crippen LogP contribution in [-0.4, -0.2) is 38.4 Å². The molecular weight excluding hydrogens is 318 g/mol. The van der Waals surface area contributed by atoms with E-state index in [0.29, 0.717) is 24.0 Å². The van der Waals surface area contributed by atoms with Gasteiger partial charge >= 0.3 is 0 Å². The summed E-state index contributed by atoms with van der Waals surface area (Å²) in [5, 5.41) is 12.6. The number of ether oxygens (including phenoxy) is 2. The van der Waals surface area contributed by atoms with Gasteiger partial charge in [0.2, 0.25) is 0 Å². The molecule has 0 unspecified atom stereocenters. The molecule has 0 radical (unpaired) electrons. The van der Waals surface area contributed by atoms with Gasteiger partial charge in [0.05, 0.1) is 20.8 Å². The predicted octanol–water partition coefficient (Wildman–Crippen LogP) is 2.44. The Labute approximate surface area is 150 Å². The Hall–Kier alpha value is -1.95. The molecule has 140 valence electrons. The third kappa shape index (κ3) is 5.53. The first-order valence-corrected chi connectivity index (χ1v) is 8.98. The molecule has 25 heavy (non-hydrogen) atoms. The highest BCUT2D eigenvalue weighted by molar-refractivity contribution is 5.77. The van der Waals surface area contributed by atoms with Gasteiger partial charge in [0, 0.05) is 13.2 Å². The third-order valence-electron chi connectivity index (χ3n) is 5.08. The lowest BCUT2D eigenvalue weighted by atomic mass is 9.72. The monoisotopic (exact) mass is 349 g/mol. The number of methoxy groups -OCH3 is 2. The minimum atomic E-state index is 0.149. The molecular formula is C19H31N3O3. The highest BCUT2D eigenvalue weighted by Crippen LogP contribution is 2.38. The Balaban J connectivity index is 1.92. The molecule has 1 aromatic carbocycles. The van der Waals surface area contributed by atoms with Crippen LogP contribution in [0, 0.1) is 5.41 Å². The van der Waals surface area contributed by atoms with Crippen LogP contribution in [0.3, 0.4) is 0 Å². The largest absolute Gasteiger partial charge is 0.493 e. The predicted molar refractivity (Wildman–Crippen MR) is 100 cm³/mol. The van der Waals surface area contributed by atoms with Gasteiger partial charge < -0.3 is 25.6 Å².